The summed E-state index contributed by atoms with van der Waals surface area (Å²) in [6.45, 7) is 9.27. The first-order valence-electron chi connectivity index (χ1n) is 6.45. The largest absolute Gasteiger partial charge is 0.394 e. The fourth-order valence-electron chi connectivity index (χ4n) is 1.91. The molecule has 1 fully saturated rings. The Balaban J connectivity index is 2.25. The van der Waals surface area contributed by atoms with Crippen LogP contribution < -0.4 is 5.32 Å². The van der Waals surface area contributed by atoms with Gasteiger partial charge >= 0.3 is 0 Å². The van der Waals surface area contributed by atoms with Crippen LogP contribution in [0.3, 0.4) is 0 Å². The van der Waals surface area contributed by atoms with Crippen molar-refractivity contribution in [3.8, 4) is 0 Å². The Morgan fingerprint density at radius 2 is 2.00 bits per heavy atom. The van der Waals surface area contributed by atoms with Crippen molar-refractivity contribution in [2.75, 3.05) is 13.2 Å². The standard InChI is InChI=1S/C13H27NO2/c1-10(2)7-11(3)16-9-13(4,8-15)14-12-5-6-12/h10-12,14-15H,5-9H2,1-4H3. The van der Waals surface area contributed by atoms with E-state index in [0.717, 1.165) is 6.42 Å². The molecule has 1 saturated carbocycles. The van der Waals surface area contributed by atoms with Crippen LogP contribution >= 0.6 is 0 Å². The van der Waals surface area contributed by atoms with Crippen LogP contribution in [0.4, 0.5) is 0 Å². The maximum atomic E-state index is 9.41. The normalized spacial score (nSPS) is 22.1. The number of hydrogen-bond donors (Lipinski definition) is 2. The van der Waals surface area contributed by atoms with Gasteiger partial charge in [-0.1, -0.05) is 13.8 Å². The number of aliphatic hydroxyl groups is 1. The Bertz CT molecular complexity index is 204. The van der Waals surface area contributed by atoms with Crippen LogP contribution in [0.25, 0.3) is 0 Å². The second-order valence-corrected chi connectivity index (χ2v) is 5.89. The second-order valence-electron chi connectivity index (χ2n) is 5.89. The second kappa shape index (κ2) is 5.99. The van der Waals surface area contributed by atoms with Gasteiger partial charge in [-0.15, -0.1) is 0 Å². The van der Waals surface area contributed by atoms with Crippen molar-refractivity contribution in [2.24, 2.45) is 5.92 Å². The summed E-state index contributed by atoms with van der Waals surface area (Å²) in [6.07, 6.45) is 3.81. The highest BCUT2D eigenvalue weighted by atomic mass is 16.5. The lowest BCUT2D eigenvalue weighted by atomic mass is 10.0. The lowest BCUT2D eigenvalue weighted by Gasteiger charge is -2.30. The first-order chi connectivity index (χ1) is 7.45. The first-order valence-corrected chi connectivity index (χ1v) is 6.45. The number of hydrogen-bond acceptors (Lipinski definition) is 3. The van der Waals surface area contributed by atoms with Crippen LogP contribution in [0.2, 0.25) is 0 Å². The Morgan fingerprint density at radius 3 is 2.44 bits per heavy atom. The third kappa shape index (κ3) is 5.28. The van der Waals surface area contributed by atoms with Gasteiger partial charge in [0.25, 0.3) is 0 Å². The quantitative estimate of drug-likeness (QED) is 0.668. The summed E-state index contributed by atoms with van der Waals surface area (Å²) in [5, 5.41) is 12.9. The molecule has 3 heteroatoms. The summed E-state index contributed by atoms with van der Waals surface area (Å²) >= 11 is 0. The van der Waals surface area contributed by atoms with E-state index in [9.17, 15) is 5.11 Å². The van der Waals surface area contributed by atoms with Crippen LogP contribution in [0.1, 0.15) is 47.0 Å². The van der Waals surface area contributed by atoms with Gasteiger partial charge in [0.05, 0.1) is 24.9 Å². The van der Waals surface area contributed by atoms with Crippen molar-refractivity contribution < 1.29 is 9.84 Å². The number of aliphatic hydroxyl groups excluding tert-OH is 1. The van der Waals surface area contributed by atoms with Crippen molar-refractivity contribution in [1.29, 1.82) is 0 Å². The molecule has 0 aromatic heterocycles. The fraction of sp³-hybridized carbons (Fsp3) is 1.00. The molecule has 2 atom stereocenters. The molecular weight excluding hydrogens is 202 g/mol. The van der Waals surface area contributed by atoms with Gasteiger partial charge in [0.2, 0.25) is 0 Å². The summed E-state index contributed by atoms with van der Waals surface area (Å²) in [5.41, 5.74) is -0.271. The van der Waals surface area contributed by atoms with Gasteiger partial charge in [-0.3, -0.25) is 0 Å². The fourth-order valence-corrected chi connectivity index (χ4v) is 1.91. The van der Waals surface area contributed by atoms with Gasteiger partial charge in [-0.25, -0.2) is 0 Å². The number of nitrogens with one attached hydrogen (secondary N) is 1. The molecule has 0 bridgehead atoms. The van der Waals surface area contributed by atoms with E-state index in [2.05, 4.69) is 26.1 Å². The maximum Gasteiger partial charge on any atom is 0.0671 e. The molecule has 0 aliphatic heterocycles. The molecule has 2 N–H and O–H groups in total. The minimum absolute atomic E-state index is 0.137. The lowest BCUT2D eigenvalue weighted by Crippen LogP contribution is -2.51. The molecule has 16 heavy (non-hydrogen) atoms. The monoisotopic (exact) mass is 229 g/mol. The maximum absolute atomic E-state index is 9.41. The highest BCUT2D eigenvalue weighted by Gasteiger charge is 2.32. The van der Waals surface area contributed by atoms with Crippen LogP contribution in [0.15, 0.2) is 0 Å². The van der Waals surface area contributed by atoms with E-state index in [1.54, 1.807) is 0 Å². The van der Waals surface area contributed by atoms with E-state index in [1.807, 2.05) is 6.92 Å². The third-order valence-corrected chi connectivity index (χ3v) is 2.97. The molecule has 1 aliphatic carbocycles. The highest BCUT2D eigenvalue weighted by Crippen LogP contribution is 2.23. The molecule has 1 aliphatic rings. The summed E-state index contributed by atoms with van der Waals surface area (Å²) in [4.78, 5) is 0. The van der Waals surface area contributed by atoms with E-state index < -0.39 is 0 Å². The zero-order valence-corrected chi connectivity index (χ0v) is 11.1. The Labute approximate surface area is 99.6 Å². The molecule has 0 aromatic carbocycles. The van der Waals surface area contributed by atoms with Crippen molar-refractivity contribution in [1.82, 2.24) is 5.32 Å². The predicted molar refractivity (Wildman–Crippen MR) is 66.5 cm³/mol. The molecule has 0 aromatic rings. The predicted octanol–water partition coefficient (Wildman–Crippen LogP) is 1.94. The van der Waals surface area contributed by atoms with Crippen molar-refractivity contribution in [2.45, 2.75) is 64.6 Å². The zero-order valence-electron chi connectivity index (χ0n) is 11.1. The molecule has 2 unspecified atom stereocenters. The van der Waals surface area contributed by atoms with Gasteiger partial charge in [0.1, 0.15) is 0 Å². The first kappa shape index (κ1) is 13.9. The zero-order chi connectivity index (χ0) is 12.2. The van der Waals surface area contributed by atoms with Gasteiger partial charge in [-0.2, -0.15) is 0 Å². The van der Waals surface area contributed by atoms with E-state index in [4.69, 9.17) is 4.74 Å². The average molecular weight is 229 g/mol. The molecule has 0 radical (unpaired) electrons. The molecule has 96 valence electrons. The molecule has 0 amide bonds. The van der Waals surface area contributed by atoms with Crippen molar-refractivity contribution in [3.63, 3.8) is 0 Å². The molecule has 1 rings (SSSR count). The minimum atomic E-state index is -0.271. The Kier molecular flexibility index (Phi) is 5.22. The third-order valence-electron chi connectivity index (χ3n) is 2.97. The van der Waals surface area contributed by atoms with E-state index >= 15 is 0 Å². The van der Waals surface area contributed by atoms with E-state index in [0.29, 0.717) is 18.6 Å². The summed E-state index contributed by atoms with van der Waals surface area (Å²) in [5.74, 6) is 0.659. The number of rotatable bonds is 8. The van der Waals surface area contributed by atoms with Crippen LogP contribution in [0, 0.1) is 5.92 Å². The van der Waals surface area contributed by atoms with Gasteiger partial charge in [0.15, 0.2) is 0 Å². The summed E-state index contributed by atoms with van der Waals surface area (Å²) < 4.78 is 5.82. The summed E-state index contributed by atoms with van der Waals surface area (Å²) in [7, 11) is 0. The van der Waals surface area contributed by atoms with Crippen LogP contribution in [0.5, 0.6) is 0 Å². The lowest BCUT2D eigenvalue weighted by molar-refractivity contribution is -0.00432. The van der Waals surface area contributed by atoms with Gasteiger partial charge in [-0.05, 0) is 39.0 Å². The van der Waals surface area contributed by atoms with Crippen molar-refractivity contribution >= 4 is 0 Å². The van der Waals surface area contributed by atoms with E-state index in [-0.39, 0.29) is 18.2 Å². The number of ether oxygens (including phenoxy) is 1. The molecule has 0 spiro atoms. The average Bonchev–Trinajstić information content (AvgIpc) is 2.98. The van der Waals surface area contributed by atoms with Crippen molar-refractivity contribution in [3.05, 3.63) is 0 Å². The Hall–Kier alpha value is -0.120. The van der Waals surface area contributed by atoms with Crippen LogP contribution in [-0.4, -0.2) is 36.0 Å². The SMILES string of the molecule is CC(C)CC(C)OCC(C)(CO)NC1CC1. The highest BCUT2D eigenvalue weighted by molar-refractivity contribution is 4.92. The Morgan fingerprint density at radius 1 is 1.38 bits per heavy atom. The van der Waals surface area contributed by atoms with Gasteiger partial charge < -0.3 is 15.2 Å². The van der Waals surface area contributed by atoms with Crippen LogP contribution in [-0.2, 0) is 4.74 Å². The van der Waals surface area contributed by atoms with E-state index in [1.165, 1.54) is 12.8 Å². The topological polar surface area (TPSA) is 41.5 Å². The summed E-state index contributed by atoms with van der Waals surface area (Å²) in [6, 6.07) is 0.598. The van der Waals surface area contributed by atoms with Gasteiger partial charge in [0, 0.05) is 6.04 Å². The minimum Gasteiger partial charge on any atom is -0.394 e. The molecule has 0 saturated heterocycles. The molecule has 0 heterocycles. The smallest absolute Gasteiger partial charge is 0.0671 e. The molecule has 3 nitrogen and oxygen atoms in total. The molecular formula is C13H27NO2.